The van der Waals surface area contributed by atoms with E-state index in [9.17, 15) is 9.59 Å². The van der Waals surface area contributed by atoms with E-state index in [1.54, 1.807) is 17.0 Å². The zero-order valence-electron chi connectivity index (χ0n) is 16.4. The van der Waals surface area contributed by atoms with Crippen molar-refractivity contribution in [2.24, 2.45) is 0 Å². The van der Waals surface area contributed by atoms with Gasteiger partial charge in [0.2, 0.25) is 5.91 Å². The molecule has 2 aromatic rings. The molecule has 1 spiro atoms. The lowest BCUT2D eigenvalue weighted by Crippen LogP contribution is -2.61. The molecule has 1 unspecified atom stereocenters. The first kappa shape index (κ1) is 19.1. The highest BCUT2D eigenvalue weighted by Gasteiger charge is 2.52. The van der Waals surface area contributed by atoms with E-state index in [1.165, 1.54) is 11.8 Å². The van der Waals surface area contributed by atoms with Crippen LogP contribution in [0, 0.1) is 11.3 Å². The summed E-state index contributed by atoms with van der Waals surface area (Å²) in [5.41, 5.74) is 1.18. The minimum atomic E-state index is -0.736. The summed E-state index contributed by atoms with van der Waals surface area (Å²) in [6, 6.07) is 15.3. The first-order chi connectivity index (χ1) is 14.1. The van der Waals surface area contributed by atoms with E-state index >= 15 is 0 Å². The molecular weight excluding hydrogens is 364 g/mol. The summed E-state index contributed by atoms with van der Waals surface area (Å²) in [5, 5.41) is 8.92. The van der Waals surface area contributed by atoms with Crippen LogP contribution in [0.2, 0.25) is 0 Å². The van der Waals surface area contributed by atoms with Gasteiger partial charge in [0.25, 0.3) is 5.91 Å². The van der Waals surface area contributed by atoms with Gasteiger partial charge < -0.3 is 9.80 Å². The molecular formula is C23H24N4O2. The highest BCUT2D eigenvalue weighted by molar-refractivity contribution is 5.99. The predicted octanol–water partition coefficient (Wildman–Crippen LogP) is 2.79. The molecule has 2 fully saturated rings. The van der Waals surface area contributed by atoms with Gasteiger partial charge in [-0.3, -0.25) is 9.59 Å². The van der Waals surface area contributed by atoms with Crippen LogP contribution in [0.3, 0.4) is 0 Å². The van der Waals surface area contributed by atoms with E-state index in [1.807, 2.05) is 29.2 Å². The molecule has 0 bridgehead atoms. The van der Waals surface area contributed by atoms with Gasteiger partial charge in [0.15, 0.2) is 0 Å². The number of aromatic nitrogens is 1. The summed E-state index contributed by atoms with van der Waals surface area (Å²) in [5.74, 6) is -0.0927. The van der Waals surface area contributed by atoms with Gasteiger partial charge in [-0.15, -0.1) is 0 Å². The molecule has 1 aromatic carbocycles. The Kier molecular flexibility index (Phi) is 5.30. The maximum atomic E-state index is 13.5. The molecule has 2 aliphatic heterocycles. The Labute approximate surface area is 170 Å². The molecule has 1 atom stereocenters. The van der Waals surface area contributed by atoms with Crippen molar-refractivity contribution in [2.75, 3.05) is 19.6 Å². The molecule has 3 heterocycles. The molecule has 4 rings (SSSR count). The van der Waals surface area contributed by atoms with Gasteiger partial charge in [-0.25, -0.2) is 4.98 Å². The van der Waals surface area contributed by atoms with Gasteiger partial charge >= 0.3 is 0 Å². The van der Waals surface area contributed by atoms with Crippen molar-refractivity contribution >= 4 is 11.8 Å². The van der Waals surface area contributed by atoms with Gasteiger partial charge in [0.05, 0.1) is 5.56 Å². The lowest BCUT2D eigenvalue weighted by Gasteiger charge is -2.44. The van der Waals surface area contributed by atoms with Crippen molar-refractivity contribution in [3.63, 3.8) is 0 Å². The van der Waals surface area contributed by atoms with Crippen molar-refractivity contribution in [3.8, 4) is 6.07 Å². The van der Waals surface area contributed by atoms with Crippen LogP contribution in [0.25, 0.3) is 0 Å². The van der Waals surface area contributed by atoms with Crippen molar-refractivity contribution in [1.82, 2.24) is 14.8 Å². The van der Waals surface area contributed by atoms with Crippen LogP contribution in [0.1, 0.15) is 47.3 Å². The third kappa shape index (κ3) is 3.61. The van der Waals surface area contributed by atoms with Crippen molar-refractivity contribution < 1.29 is 9.59 Å². The standard InChI is InChI=1S/C23H24N4O2/c24-16-20-9-8-19(17-25-20)21(28)27-14-5-12-23(27)11-4-13-26(22(23)29)15-10-18-6-2-1-3-7-18/h1-3,6-9,17H,4-5,10-15H2. The summed E-state index contributed by atoms with van der Waals surface area (Å²) in [7, 11) is 0. The Morgan fingerprint density at radius 1 is 1.10 bits per heavy atom. The van der Waals surface area contributed by atoms with E-state index in [2.05, 4.69) is 17.1 Å². The molecule has 1 aromatic heterocycles. The fourth-order valence-electron chi connectivity index (χ4n) is 4.59. The number of carbonyl (C=O) groups excluding carboxylic acids is 2. The van der Waals surface area contributed by atoms with Crippen LogP contribution >= 0.6 is 0 Å². The topological polar surface area (TPSA) is 77.3 Å². The van der Waals surface area contributed by atoms with Crippen LogP contribution in [-0.2, 0) is 11.2 Å². The molecule has 29 heavy (non-hydrogen) atoms. The quantitative estimate of drug-likeness (QED) is 0.807. The molecule has 148 valence electrons. The summed E-state index contributed by atoms with van der Waals surface area (Å²) >= 11 is 0. The normalized spacial score (nSPS) is 21.4. The van der Waals surface area contributed by atoms with Gasteiger partial charge in [-0.1, -0.05) is 30.3 Å². The van der Waals surface area contributed by atoms with Crippen LogP contribution in [0.4, 0.5) is 0 Å². The number of hydrogen-bond donors (Lipinski definition) is 0. The molecule has 0 N–H and O–H groups in total. The van der Waals surface area contributed by atoms with Crippen LogP contribution in [0.15, 0.2) is 48.7 Å². The largest absolute Gasteiger partial charge is 0.340 e. The zero-order chi connectivity index (χ0) is 20.3. The second kappa shape index (κ2) is 8.04. The van der Waals surface area contributed by atoms with Gasteiger partial charge in [0, 0.05) is 25.8 Å². The second-order valence-corrected chi connectivity index (χ2v) is 7.77. The Balaban J connectivity index is 1.52. The Bertz CT molecular complexity index is 936. The average molecular weight is 388 g/mol. The number of amides is 2. The van der Waals surface area contributed by atoms with E-state index in [-0.39, 0.29) is 17.5 Å². The number of carbonyl (C=O) groups is 2. The van der Waals surface area contributed by atoms with Crippen molar-refractivity contribution in [3.05, 3.63) is 65.5 Å². The maximum Gasteiger partial charge on any atom is 0.256 e. The Morgan fingerprint density at radius 3 is 2.55 bits per heavy atom. The highest BCUT2D eigenvalue weighted by Crippen LogP contribution is 2.39. The molecule has 2 saturated heterocycles. The number of likely N-dealkylation sites (tertiary alicyclic amines) is 2. The fourth-order valence-corrected chi connectivity index (χ4v) is 4.59. The smallest absolute Gasteiger partial charge is 0.256 e. The average Bonchev–Trinajstić information content (AvgIpc) is 3.19. The minimum absolute atomic E-state index is 0.0761. The summed E-state index contributed by atoms with van der Waals surface area (Å²) in [4.78, 5) is 34.4. The summed E-state index contributed by atoms with van der Waals surface area (Å²) < 4.78 is 0. The molecule has 6 heteroatoms. The number of piperidine rings is 1. The van der Waals surface area contributed by atoms with Crippen molar-refractivity contribution in [1.29, 1.82) is 5.26 Å². The first-order valence-corrected chi connectivity index (χ1v) is 10.2. The summed E-state index contributed by atoms with van der Waals surface area (Å²) in [6.07, 6.45) is 5.40. The minimum Gasteiger partial charge on any atom is -0.340 e. The Morgan fingerprint density at radius 2 is 1.86 bits per heavy atom. The van der Waals surface area contributed by atoms with Gasteiger partial charge in [-0.05, 0) is 49.8 Å². The molecule has 2 aliphatic rings. The molecule has 0 saturated carbocycles. The Hall–Kier alpha value is -3.20. The molecule has 0 radical (unpaired) electrons. The van der Waals surface area contributed by atoms with Crippen molar-refractivity contribution in [2.45, 2.75) is 37.6 Å². The van der Waals surface area contributed by atoms with Crippen LogP contribution in [-0.4, -0.2) is 51.8 Å². The third-order valence-electron chi connectivity index (χ3n) is 6.08. The monoisotopic (exact) mass is 388 g/mol. The molecule has 6 nitrogen and oxygen atoms in total. The highest BCUT2D eigenvalue weighted by atomic mass is 16.2. The number of benzene rings is 1. The fraction of sp³-hybridized carbons (Fsp3) is 0.391. The number of pyridine rings is 1. The van der Waals surface area contributed by atoms with E-state index in [4.69, 9.17) is 5.26 Å². The van der Waals surface area contributed by atoms with Crippen LogP contribution < -0.4 is 0 Å². The lowest BCUT2D eigenvalue weighted by molar-refractivity contribution is -0.145. The first-order valence-electron chi connectivity index (χ1n) is 10.2. The third-order valence-corrected chi connectivity index (χ3v) is 6.08. The maximum absolute atomic E-state index is 13.5. The van der Waals surface area contributed by atoms with Gasteiger partial charge in [0.1, 0.15) is 17.3 Å². The zero-order valence-corrected chi connectivity index (χ0v) is 16.4. The predicted molar refractivity (Wildman–Crippen MR) is 108 cm³/mol. The van der Waals surface area contributed by atoms with E-state index in [0.717, 1.165) is 25.8 Å². The molecule has 0 aliphatic carbocycles. The number of nitrogens with zero attached hydrogens (tertiary/aromatic N) is 4. The van der Waals surface area contributed by atoms with Gasteiger partial charge in [-0.2, -0.15) is 5.26 Å². The lowest BCUT2D eigenvalue weighted by atomic mass is 9.85. The number of nitriles is 1. The molecule has 2 amide bonds. The summed E-state index contributed by atoms with van der Waals surface area (Å²) in [6.45, 7) is 2.00. The van der Waals surface area contributed by atoms with E-state index < -0.39 is 5.54 Å². The van der Waals surface area contributed by atoms with Crippen LogP contribution in [0.5, 0.6) is 0 Å². The second-order valence-electron chi connectivity index (χ2n) is 7.77. The number of rotatable bonds is 4. The van der Waals surface area contributed by atoms with E-state index in [0.29, 0.717) is 31.5 Å². The number of hydrogen-bond acceptors (Lipinski definition) is 4. The SMILES string of the molecule is N#Cc1ccc(C(=O)N2CCCC23CCCN(CCc2ccccc2)C3=O)cn1.